The van der Waals surface area contributed by atoms with Crippen LogP contribution in [0.3, 0.4) is 0 Å². The zero-order valence-electron chi connectivity index (χ0n) is 3.63. The van der Waals surface area contributed by atoms with Crippen molar-refractivity contribution in [3.05, 3.63) is 16.4 Å². The normalized spacial score (nSPS) is 9.00. The van der Waals surface area contributed by atoms with E-state index in [4.69, 9.17) is 0 Å². The van der Waals surface area contributed by atoms with Gasteiger partial charge in [0.25, 0.3) is 0 Å². The summed E-state index contributed by atoms with van der Waals surface area (Å²) in [6, 6.07) is 0. The van der Waals surface area contributed by atoms with Gasteiger partial charge in [0.05, 0.1) is 9.82 Å². The second kappa shape index (κ2) is 1.52. The molecule has 0 aromatic carbocycles. The van der Waals surface area contributed by atoms with Crippen molar-refractivity contribution < 1.29 is 5.03 Å². The van der Waals surface area contributed by atoms with Crippen LogP contribution in [-0.2, 0) is 0 Å². The van der Waals surface area contributed by atoms with Crippen molar-refractivity contribution in [2.24, 2.45) is 0 Å². The van der Waals surface area contributed by atoms with E-state index in [0.717, 1.165) is 6.33 Å². The molecule has 0 radical (unpaired) electrons. The molecule has 0 aliphatic heterocycles. The average molecular weight is 115 g/mol. The van der Waals surface area contributed by atoms with Crippen LogP contribution in [0.15, 0.2) is 6.33 Å². The van der Waals surface area contributed by atoms with Gasteiger partial charge in [-0.3, -0.25) is 0 Å². The Morgan fingerprint density at radius 3 is 2.75 bits per heavy atom. The molecule has 0 bridgehead atoms. The highest BCUT2D eigenvalue weighted by atomic mass is 16.7. The summed E-state index contributed by atoms with van der Waals surface area (Å²) in [5.74, 6) is 0. The van der Waals surface area contributed by atoms with Crippen LogP contribution >= 0.6 is 0 Å². The van der Waals surface area contributed by atoms with Crippen LogP contribution in [0.1, 0.15) is 0 Å². The van der Waals surface area contributed by atoms with Crippen molar-refractivity contribution in [3.8, 4) is 0 Å². The van der Waals surface area contributed by atoms with E-state index in [0.29, 0.717) is 4.79 Å². The first-order chi connectivity index (χ1) is 3.80. The van der Waals surface area contributed by atoms with Crippen molar-refractivity contribution in [1.29, 1.82) is 0 Å². The first kappa shape index (κ1) is 4.62. The second-order valence-electron chi connectivity index (χ2n) is 0.968. The summed E-state index contributed by atoms with van der Waals surface area (Å²) >= 11 is 0. The van der Waals surface area contributed by atoms with Gasteiger partial charge in [-0.25, -0.2) is 0 Å². The Balaban J connectivity index is 2.93. The standard InChI is InChI=1S/CHN5O2/c7-6(8)5-1-2-3-4-5/h1H. The molecule has 0 unspecified atom stereocenters. The molecule has 8 heavy (non-hydrogen) atoms. The molecular weight excluding hydrogens is 114 g/mol. The third-order valence-corrected chi connectivity index (χ3v) is 0.506. The molecule has 0 spiro atoms. The highest BCUT2D eigenvalue weighted by Gasteiger charge is 1.98. The Bertz CT molecular complexity index is 178. The molecule has 1 aromatic rings. The molecule has 0 aliphatic rings. The third kappa shape index (κ3) is 0.600. The predicted molar refractivity (Wildman–Crippen MR) is 20.2 cm³/mol. The monoisotopic (exact) mass is 115 g/mol. The van der Waals surface area contributed by atoms with Gasteiger partial charge >= 0.3 is 0 Å². The molecule has 1 aromatic heterocycles. The molecule has 7 nitrogen and oxygen atoms in total. The van der Waals surface area contributed by atoms with Crippen LogP contribution in [-0.4, -0.2) is 25.3 Å². The molecule has 0 saturated heterocycles. The van der Waals surface area contributed by atoms with Gasteiger partial charge in [0, 0.05) is 0 Å². The van der Waals surface area contributed by atoms with E-state index in [2.05, 4.69) is 15.5 Å². The number of aromatic nitrogens is 4. The summed E-state index contributed by atoms with van der Waals surface area (Å²) in [5.41, 5.74) is 0. The van der Waals surface area contributed by atoms with Crippen molar-refractivity contribution in [2.45, 2.75) is 0 Å². The lowest BCUT2D eigenvalue weighted by atomic mass is 11.4. The molecule has 0 atom stereocenters. The number of hydrogen-bond donors (Lipinski definition) is 0. The molecule has 1 heterocycles. The summed E-state index contributed by atoms with van der Waals surface area (Å²) < 4.78 is 0. The van der Waals surface area contributed by atoms with Crippen LogP contribution in [0, 0.1) is 10.1 Å². The first-order valence-electron chi connectivity index (χ1n) is 1.68. The zero-order chi connectivity index (χ0) is 5.98. The molecule has 0 fully saturated rings. The Kier molecular flexibility index (Phi) is 0.881. The Morgan fingerprint density at radius 2 is 2.50 bits per heavy atom. The van der Waals surface area contributed by atoms with Crippen molar-refractivity contribution >= 4 is 0 Å². The predicted octanol–water partition coefficient (Wildman–Crippen LogP) is -1.29. The average Bonchev–Trinajstić information content (AvgIpc) is 2.12. The molecule has 0 amide bonds. The minimum atomic E-state index is -0.736. The van der Waals surface area contributed by atoms with Crippen LogP contribution < -0.4 is 0 Å². The van der Waals surface area contributed by atoms with Gasteiger partial charge in [-0.05, 0) is 0 Å². The molecule has 1 rings (SSSR count). The third-order valence-electron chi connectivity index (χ3n) is 0.506. The number of nitrogens with zero attached hydrogens (tertiary/aromatic N) is 5. The quantitative estimate of drug-likeness (QED) is 0.335. The van der Waals surface area contributed by atoms with Gasteiger partial charge in [-0.1, -0.05) is 5.10 Å². The van der Waals surface area contributed by atoms with Gasteiger partial charge in [0.15, 0.2) is 0 Å². The van der Waals surface area contributed by atoms with Gasteiger partial charge in [0.2, 0.25) is 11.5 Å². The fraction of sp³-hybridized carbons (Fsp3) is 0. The van der Waals surface area contributed by atoms with Gasteiger partial charge < -0.3 is 10.1 Å². The molecule has 0 aliphatic carbocycles. The minimum absolute atomic E-state index is 0.417. The highest BCUT2D eigenvalue weighted by Crippen LogP contribution is 1.70. The summed E-state index contributed by atoms with van der Waals surface area (Å²) in [6.45, 7) is 0. The van der Waals surface area contributed by atoms with Crippen molar-refractivity contribution in [3.63, 3.8) is 0 Å². The van der Waals surface area contributed by atoms with Gasteiger partial charge in [-0.15, -0.1) is 0 Å². The maximum atomic E-state index is 9.69. The summed E-state index contributed by atoms with van der Waals surface area (Å²) in [4.78, 5) is 10.1. The molecule has 42 valence electrons. The molecule has 7 heteroatoms. The second-order valence-corrected chi connectivity index (χ2v) is 0.968. The molecule has 0 N–H and O–H groups in total. The smallest absolute Gasteiger partial charge is 0.213 e. The van der Waals surface area contributed by atoms with E-state index in [1.165, 1.54) is 0 Å². The van der Waals surface area contributed by atoms with Crippen LogP contribution in [0.4, 0.5) is 0 Å². The van der Waals surface area contributed by atoms with E-state index in [-0.39, 0.29) is 0 Å². The Morgan fingerprint density at radius 1 is 1.75 bits per heavy atom. The Labute approximate surface area is 43.0 Å². The highest BCUT2D eigenvalue weighted by molar-refractivity contribution is 4.32. The van der Waals surface area contributed by atoms with Crippen molar-refractivity contribution in [1.82, 2.24) is 20.3 Å². The fourth-order valence-corrected chi connectivity index (χ4v) is 0.231. The lowest BCUT2D eigenvalue weighted by Gasteiger charge is -1.82. The van der Waals surface area contributed by atoms with Gasteiger partial charge in [0.1, 0.15) is 5.21 Å². The molecule has 0 saturated carbocycles. The lowest BCUT2D eigenvalue weighted by molar-refractivity contribution is -0.553. The zero-order valence-corrected chi connectivity index (χ0v) is 3.63. The van der Waals surface area contributed by atoms with E-state index in [9.17, 15) is 10.1 Å². The number of hydrogen-bond acceptors (Lipinski definition) is 5. The number of tetrazole rings is 1. The molecular formula is CHN5O2. The lowest BCUT2D eigenvalue weighted by Crippen LogP contribution is -2.08. The first-order valence-corrected chi connectivity index (χ1v) is 1.68. The number of rotatable bonds is 1. The van der Waals surface area contributed by atoms with E-state index in [1.54, 1.807) is 0 Å². The van der Waals surface area contributed by atoms with E-state index in [1.807, 2.05) is 0 Å². The fourth-order valence-electron chi connectivity index (χ4n) is 0.231. The summed E-state index contributed by atoms with van der Waals surface area (Å²) in [5, 5.41) is 18.0. The van der Waals surface area contributed by atoms with Crippen LogP contribution in [0.2, 0.25) is 0 Å². The van der Waals surface area contributed by atoms with Crippen LogP contribution in [0.5, 0.6) is 0 Å². The maximum absolute atomic E-state index is 9.69. The van der Waals surface area contributed by atoms with Gasteiger partial charge in [-0.2, -0.15) is 0 Å². The topological polar surface area (TPSA) is 86.7 Å². The maximum Gasteiger partial charge on any atom is 0.213 e. The summed E-state index contributed by atoms with van der Waals surface area (Å²) in [7, 11) is 0. The SMILES string of the molecule is O=[N+]([O-])n1cnnn1. The largest absolute Gasteiger partial charge is 0.339 e. The summed E-state index contributed by atoms with van der Waals surface area (Å²) in [6.07, 6.45) is 0.903. The van der Waals surface area contributed by atoms with Crippen molar-refractivity contribution in [2.75, 3.05) is 0 Å². The number of nitro groups is 1. The van der Waals surface area contributed by atoms with E-state index < -0.39 is 5.03 Å². The minimum Gasteiger partial charge on any atom is -0.339 e. The Hall–Kier alpha value is -1.53. The van der Waals surface area contributed by atoms with E-state index >= 15 is 0 Å². The van der Waals surface area contributed by atoms with Crippen LogP contribution in [0.25, 0.3) is 0 Å².